The van der Waals surface area contributed by atoms with Gasteiger partial charge in [-0.2, -0.15) is 0 Å². The zero-order valence-electron chi connectivity index (χ0n) is 12.3. The standard InChI is InChI=1S/C16H22Cl3N/c1-15(2)12-5-4-11(7-9-20-14(18)19)10-16(12,3)8-6-13(15)17/h7,9-10,12-13H,4-6,8H2,1-3H3/b9-7+/t12-,13-,16+/m0/s1. The lowest BCUT2D eigenvalue weighted by Gasteiger charge is -2.54. The van der Waals surface area contributed by atoms with Gasteiger partial charge in [-0.15, -0.1) is 11.6 Å². The van der Waals surface area contributed by atoms with Crippen LogP contribution >= 0.6 is 34.8 Å². The Balaban J connectivity index is 2.22. The molecular formula is C16H22Cl3N. The van der Waals surface area contributed by atoms with Crippen molar-refractivity contribution in [1.29, 1.82) is 0 Å². The van der Waals surface area contributed by atoms with Gasteiger partial charge in [0, 0.05) is 11.6 Å². The molecule has 0 saturated heterocycles. The topological polar surface area (TPSA) is 12.4 Å². The third-order valence-corrected chi connectivity index (χ3v) is 6.11. The predicted octanol–water partition coefficient (Wildman–Crippen LogP) is 6.10. The average molecular weight is 335 g/mol. The van der Waals surface area contributed by atoms with Crippen LogP contribution in [-0.4, -0.2) is 10.0 Å². The Labute approximate surface area is 137 Å². The Bertz CT molecular complexity index is 460. The number of nitrogens with zero attached hydrogens (tertiary/aromatic N) is 1. The van der Waals surface area contributed by atoms with Gasteiger partial charge in [0.2, 0.25) is 0 Å². The third-order valence-electron chi connectivity index (χ3n) is 5.14. The molecule has 3 atom stereocenters. The molecule has 0 aromatic heterocycles. The number of rotatable bonds is 2. The van der Waals surface area contributed by atoms with E-state index in [-0.39, 0.29) is 20.8 Å². The summed E-state index contributed by atoms with van der Waals surface area (Å²) < 4.78 is 0.0468. The smallest absolute Gasteiger partial charge is 0.196 e. The van der Waals surface area contributed by atoms with Crippen LogP contribution in [0.1, 0.15) is 46.5 Å². The second-order valence-corrected chi connectivity index (χ2v) is 8.27. The van der Waals surface area contributed by atoms with Gasteiger partial charge in [-0.3, -0.25) is 0 Å². The average Bonchev–Trinajstić information content (AvgIpc) is 2.34. The second kappa shape index (κ2) is 6.02. The first-order chi connectivity index (χ1) is 9.25. The van der Waals surface area contributed by atoms with E-state index in [1.165, 1.54) is 12.0 Å². The Morgan fingerprint density at radius 1 is 1.30 bits per heavy atom. The van der Waals surface area contributed by atoms with Crippen LogP contribution in [0.4, 0.5) is 0 Å². The molecule has 0 unspecified atom stereocenters. The van der Waals surface area contributed by atoms with Crippen molar-refractivity contribution in [1.82, 2.24) is 0 Å². The number of fused-ring (bicyclic) bond motifs is 1. The summed E-state index contributed by atoms with van der Waals surface area (Å²) in [5, 5.41) is 0.283. The molecule has 4 heteroatoms. The van der Waals surface area contributed by atoms with E-state index in [2.05, 4.69) is 31.8 Å². The summed E-state index contributed by atoms with van der Waals surface area (Å²) in [5.41, 5.74) is 1.75. The number of hydrogen-bond donors (Lipinski definition) is 0. The maximum Gasteiger partial charge on any atom is 0.196 e. The highest BCUT2D eigenvalue weighted by Crippen LogP contribution is 2.57. The normalized spacial score (nSPS) is 36.4. The Morgan fingerprint density at radius 2 is 2.00 bits per heavy atom. The van der Waals surface area contributed by atoms with Gasteiger partial charge >= 0.3 is 0 Å². The molecule has 0 radical (unpaired) electrons. The van der Waals surface area contributed by atoms with E-state index in [9.17, 15) is 0 Å². The molecule has 0 amide bonds. The van der Waals surface area contributed by atoms with E-state index in [1.54, 1.807) is 6.20 Å². The van der Waals surface area contributed by atoms with E-state index >= 15 is 0 Å². The van der Waals surface area contributed by atoms with Crippen molar-refractivity contribution in [2.24, 2.45) is 21.7 Å². The number of aliphatic imine (C=N–C) groups is 1. The fourth-order valence-corrected chi connectivity index (χ4v) is 4.43. The quantitative estimate of drug-likeness (QED) is 0.427. The van der Waals surface area contributed by atoms with Crippen LogP contribution in [0.5, 0.6) is 0 Å². The molecule has 1 fully saturated rings. The minimum absolute atomic E-state index is 0.0468. The Hall–Kier alpha value is 0.0200. The molecule has 0 bridgehead atoms. The molecule has 2 aliphatic rings. The molecule has 0 aromatic rings. The lowest BCUT2D eigenvalue weighted by Crippen LogP contribution is -2.48. The Kier molecular flexibility index (Phi) is 4.94. The summed E-state index contributed by atoms with van der Waals surface area (Å²) in [4.78, 5) is 3.89. The molecule has 1 nitrogen and oxygen atoms in total. The maximum absolute atomic E-state index is 6.56. The number of hydrogen-bond acceptors (Lipinski definition) is 1. The highest BCUT2D eigenvalue weighted by molar-refractivity contribution is 6.95. The summed E-state index contributed by atoms with van der Waals surface area (Å²) in [7, 11) is 0. The molecule has 2 aliphatic carbocycles. The van der Waals surface area contributed by atoms with E-state index in [4.69, 9.17) is 34.8 Å². The fraction of sp³-hybridized carbons (Fsp3) is 0.688. The van der Waals surface area contributed by atoms with Crippen LogP contribution in [0.3, 0.4) is 0 Å². The minimum Gasteiger partial charge on any atom is -0.233 e. The number of allylic oxidation sites excluding steroid dienone is 3. The van der Waals surface area contributed by atoms with Crippen molar-refractivity contribution >= 4 is 39.4 Å². The SMILES string of the molecule is CC1(C)[C@@H](Cl)CC[C@]2(C)C=C(/C=C/N=C(Cl)Cl)CC[C@@H]12. The number of halogens is 3. The molecule has 2 rings (SSSR count). The molecule has 20 heavy (non-hydrogen) atoms. The molecule has 0 N–H and O–H groups in total. The highest BCUT2D eigenvalue weighted by atomic mass is 35.5. The molecule has 0 aliphatic heterocycles. The molecule has 0 heterocycles. The zero-order valence-corrected chi connectivity index (χ0v) is 14.6. The van der Waals surface area contributed by atoms with Crippen molar-refractivity contribution in [3.8, 4) is 0 Å². The van der Waals surface area contributed by atoms with Crippen LogP contribution in [0.15, 0.2) is 28.9 Å². The number of alkyl halides is 1. The van der Waals surface area contributed by atoms with Gasteiger partial charge in [0.1, 0.15) is 0 Å². The van der Waals surface area contributed by atoms with E-state index in [0.29, 0.717) is 5.92 Å². The van der Waals surface area contributed by atoms with E-state index < -0.39 is 0 Å². The lowest BCUT2D eigenvalue weighted by molar-refractivity contribution is 0.0262. The summed E-state index contributed by atoms with van der Waals surface area (Å²) in [6.07, 6.45) is 10.6. The van der Waals surface area contributed by atoms with Crippen molar-refractivity contribution in [3.63, 3.8) is 0 Å². The monoisotopic (exact) mass is 333 g/mol. The predicted molar refractivity (Wildman–Crippen MR) is 89.9 cm³/mol. The third kappa shape index (κ3) is 3.26. The van der Waals surface area contributed by atoms with Crippen LogP contribution in [-0.2, 0) is 0 Å². The largest absolute Gasteiger partial charge is 0.233 e. The van der Waals surface area contributed by atoms with Crippen LogP contribution in [0.25, 0.3) is 0 Å². The molecule has 1 saturated carbocycles. The lowest BCUT2D eigenvalue weighted by atomic mass is 9.53. The highest BCUT2D eigenvalue weighted by Gasteiger charge is 2.50. The van der Waals surface area contributed by atoms with E-state index in [1.807, 2.05) is 6.08 Å². The summed E-state index contributed by atoms with van der Waals surface area (Å²) in [6, 6.07) is 0. The van der Waals surface area contributed by atoms with Crippen molar-refractivity contribution in [2.75, 3.05) is 0 Å². The van der Waals surface area contributed by atoms with Crippen molar-refractivity contribution in [2.45, 2.75) is 51.8 Å². The first-order valence-corrected chi connectivity index (χ1v) is 8.36. The van der Waals surface area contributed by atoms with Gasteiger partial charge in [0.25, 0.3) is 0 Å². The molecular weight excluding hydrogens is 313 g/mol. The van der Waals surface area contributed by atoms with Gasteiger partial charge in [-0.25, -0.2) is 4.99 Å². The second-order valence-electron chi connectivity index (χ2n) is 6.83. The zero-order chi connectivity index (χ0) is 15.0. The first-order valence-electron chi connectivity index (χ1n) is 7.17. The van der Waals surface area contributed by atoms with Gasteiger partial charge < -0.3 is 0 Å². The molecule has 0 aromatic carbocycles. The molecule has 112 valence electrons. The fourth-order valence-electron chi connectivity index (χ4n) is 4.05. The van der Waals surface area contributed by atoms with Crippen LogP contribution in [0, 0.1) is 16.7 Å². The summed E-state index contributed by atoms with van der Waals surface area (Å²) in [5.74, 6) is 0.642. The van der Waals surface area contributed by atoms with Crippen LogP contribution in [0.2, 0.25) is 0 Å². The van der Waals surface area contributed by atoms with Crippen LogP contribution < -0.4 is 0 Å². The van der Waals surface area contributed by atoms with Gasteiger partial charge in [-0.05, 0) is 77.3 Å². The van der Waals surface area contributed by atoms with Gasteiger partial charge in [0.05, 0.1) is 0 Å². The molecule has 0 spiro atoms. The Morgan fingerprint density at radius 3 is 2.65 bits per heavy atom. The minimum atomic E-state index is 0.0468. The summed E-state index contributed by atoms with van der Waals surface area (Å²) >= 11 is 17.6. The van der Waals surface area contributed by atoms with E-state index in [0.717, 1.165) is 19.3 Å². The van der Waals surface area contributed by atoms with Gasteiger partial charge in [-0.1, -0.05) is 26.8 Å². The maximum atomic E-state index is 6.56. The summed E-state index contributed by atoms with van der Waals surface area (Å²) in [6.45, 7) is 7.00. The van der Waals surface area contributed by atoms with Gasteiger partial charge in [0.15, 0.2) is 4.63 Å². The van der Waals surface area contributed by atoms with Crippen molar-refractivity contribution in [3.05, 3.63) is 23.9 Å². The van der Waals surface area contributed by atoms with Crippen molar-refractivity contribution < 1.29 is 0 Å². The first kappa shape index (κ1) is 16.4.